The van der Waals surface area contributed by atoms with Gasteiger partial charge in [-0.2, -0.15) is 4.98 Å². The topological polar surface area (TPSA) is 82.3 Å². The fourth-order valence-corrected chi connectivity index (χ4v) is 2.40. The molecule has 108 valence electrons. The minimum absolute atomic E-state index is 0.0412. The number of hydrogen-bond donors (Lipinski definition) is 0. The van der Waals surface area contributed by atoms with Crippen molar-refractivity contribution in [1.82, 2.24) is 10.1 Å². The lowest BCUT2D eigenvalue weighted by molar-refractivity contribution is 0.340. The Labute approximate surface area is 121 Å². The molecular weight excluding hydrogens is 304 g/mol. The highest BCUT2D eigenvalue weighted by molar-refractivity contribution is 8.13. The summed E-state index contributed by atoms with van der Waals surface area (Å²) in [6, 6.07) is 4.27. The van der Waals surface area contributed by atoms with Crippen LogP contribution in [-0.4, -0.2) is 25.2 Å². The minimum Gasteiger partial charge on any atom is -0.493 e. The average Bonchev–Trinajstić information content (AvgIpc) is 2.87. The summed E-state index contributed by atoms with van der Waals surface area (Å²) in [5, 5.41) is 3.82. The third-order valence-corrected chi connectivity index (χ3v) is 3.90. The second-order valence-electron chi connectivity index (χ2n) is 3.89. The standard InChI is InChI=1S/C12H13ClN2O4S/c1-3-11-14-12(15-19-11)9-7-8(20(13,16)17)5-6-10(9)18-4-2/h5-7H,3-4H2,1-2H3. The SMILES string of the molecule is CCOc1ccc(S(=O)(=O)Cl)cc1-c1noc(CC)n1. The predicted molar refractivity (Wildman–Crippen MR) is 73.3 cm³/mol. The van der Waals surface area contributed by atoms with Gasteiger partial charge in [0.1, 0.15) is 5.75 Å². The zero-order valence-corrected chi connectivity index (χ0v) is 12.5. The zero-order chi connectivity index (χ0) is 14.8. The van der Waals surface area contributed by atoms with Crippen LogP contribution in [0.1, 0.15) is 19.7 Å². The van der Waals surface area contributed by atoms with Gasteiger partial charge >= 0.3 is 0 Å². The van der Waals surface area contributed by atoms with Gasteiger partial charge in [-0.05, 0) is 25.1 Å². The lowest BCUT2D eigenvalue weighted by Crippen LogP contribution is -1.98. The molecule has 0 N–H and O–H groups in total. The number of ether oxygens (including phenoxy) is 1. The molecular formula is C12H13ClN2O4S. The molecule has 8 heteroatoms. The Bertz CT molecular complexity index is 712. The van der Waals surface area contributed by atoms with Crippen molar-refractivity contribution in [3.05, 3.63) is 24.1 Å². The van der Waals surface area contributed by atoms with Gasteiger partial charge in [-0.3, -0.25) is 0 Å². The van der Waals surface area contributed by atoms with E-state index in [0.29, 0.717) is 30.2 Å². The third-order valence-electron chi connectivity index (χ3n) is 2.54. The second kappa shape index (κ2) is 5.80. The van der Waals surface area contributed by atoms with Crippen LogP contribution < -0.4 is 4.74 Å². The second-order valence-corrected chi connectivity index (χ2v) is 6.46. The van der Waals surface area contributed by atoms with Gasteiger partial charge in [0.15, 0.2) is 0 Å². The fourth-order valence-electron chi connectivity index (χ4n) is 1.62. The summed E-state index contributed by atoms with van der Waals surface area (Å²) in [6.07, 6.45) is 0.588. The van der Waals surface area contributed by atoms with Crippen LogP contribution in [0.4, 0.5) is 0 Å². The van der Waals surface area contributed by atoms with E-state index in [1.54, 1.807) is 0 Å². The Balaban J connectivity index is 2.57. The molecule has 0 radical (unpaired) electrons. The van der Waals surface area contributed by atoms with Gasteiger partial charge in [-0.1, -0.05) is 12.1 Å². The lowest BCUT2D eigenvalue weighted by Gasteiger charge is -2.08. The summed E-state index contributed by atoms with van der Waals surface area (Å²) < 4.78 is 33.3. The van der Waals surface area contributed by atoms with Gasteiger partial charge in [0.05, 0.1) is 17.1 Å². The van der Waals surface area contributed by atoms with E-state index in [2.05, 4.69) is 10.1 Å². The molecule has 2 aromatic rings. The van der Waals surface area contributed by atoms with Crippen molar-refractivity contribution in [3.63, 3.8) is 0 Å². The van der Waals surface area contributed by atoms with Crippen LogP contribution in [0, 0.1) is 0 Å². The summed E-state index contributed by atoms with van der Waals surface area (Å²) in [5.41, 5.74) is 0.428. The molecule has 0 saturated heterocycles. The first kappa shape index (κ1) is 14.8. The number of halogens is 1. The number of aromatic nitrogens is 2. The van der Waals surface area contributed by atoms with E-state index in [4.69, 9.17) is 19.9 Å². The smallest absolute Gasteiger partial charge is 0.261 e. The first-order valence-electron chi connectivity index (χ1n) is 6.00. The van der Waals surface area contributed by atoms with Gasteiger partial charge in [0.25, 0.3) is 9.05 Å². The van der Waals surface area contributed by atoms with Gasteiger partial charge in [0.2, 0.25) is 11.7 Å². The highest BCUT2D eigenvalue weighted by atomic mass is 35.7. The van der Waals surface area contributed by atoms with Crippen molar-refractivity contribution in [2.24, 2.45) is 0 Å². The van der Waals surface area contributed by atoms with Crippen molar-refractivity contribution in [2.75, 3.05) is 6.61 Å². The van der Waals surface area contributed by atoms with Crippen molar-refractivity contribution < 1.29 is 17.7 Å². The monoisotopic (exact) mass is 316 g/mol. The number of nitrogens with zero attached hydrogens (tertiary/aromatic N) is 2. The first-order valence-corrected chi connectivity index (χ1v) is 8.31. The maximum absolute atomic E-state index is 11.4. The van der Waals surface area contributed by atoms with Crippen LogP contribution in [0.15, 0.2) is 27.6 Å². The Hall–Kier alpha value is -1.60. The van der Waals surface area contributed by atoms with Crippen LogP contribution in [0.3, 0.4) is 0 Å². The van der Waals surface area contributed by atoms with E-state index < -0.39 is 9.05 Å². The van der Waals surface area contributed by atoms with Crippen LogP contribution in [0.25, 0.3) is 11.4 Å². The molecule has 0 fully saturated rings. The quantitative estimate of drug-likeness (QED) is 0.789. The minimum atomic E-state index is -3.83. The summed E-state index contributed by atoms with van der Waals surface area (Å²) in [7, 11) is 1.51. The van der Waals surface area contributed by atoms with Crippen LogP contribution in [0.5, 0.6) is 5.75 Å². The maximum atomic E-state index is 11.4. The molecule has 1 aromatic carbocycles. The van der Waals surface area contributed by atoms with Crippen molar-refractivity contribution in [2.45, 2.75) is 25.2 Å². The van der Waals surface area contributed by atoms with E-state index in [9.17, 15) is 8.42 Å². The van der Waals surface area contributed by atoms with Gasteiger partial charge < -0.3 is 9.26 Å². The predicted octanol–water partition coefficient (Wildman–Crippen LogP) is 2.63. The molecule has 20 heavy (non-hydrogen) atoms. The molecule has 0 saturated carbocycles. The summed E-state index contributed by atoms with van der Waals surface area (Å²) in [5.74, 6) is 1.20. The van der Waals surface area contributed by atoms with Gasteiger partial charge in [-0.25, -0.2) is 8.42 Å². The highest BCUT2D eigenvalue weighted by Gasteiger charge is 2.18. The molecule has 0 bridgehead atoms. The number of aryl methyl sites for hydroxylation is 1. The summed E-state index contributed by atoms with van der Waals surface area (Å²) in [6.45, 7) is 4.13. The largest absolute Gasteiger partial charge is 0.493 e. The van der Waals surface area contributed by atoms with Crippen molar-refractivity contribution >= 4 is 19.7 Å². The lowest BCUT2D eigenvalue weighted by atomic mass is 10.2. The molecule has 0 amide bonds. The van der Waals surface area contributed by atoms with E-state index in [-0.39, 0.29) is 10.7 Å². The number of hydrogen-bond acceptors (Lipinski definition) is 6. The first-order chi connectivity index (χ1) is 9.45. The Morgan fingerprint density at radius 3 is 2.65 bits per heavy atom. The van der Waals surface area contributed by atoms with Gasteiger partial charge in [0, 0.05) is 17.1 Å². The zero-order valence-electron chi connectivity index (χ0n) is 11.0. The van der Waals surface area contributed by atoms with E-state index >= 15 is 0 Å². The van der Waals surface area contributed by atoms with Gasteiger partial charge in [-0.15, -0.1) is 0 Å². The normalized spacial score (nSPS) is 11.6. The average molecular weight is 317 g/mol. The number of rotatable bonds is 5. The number of benzene rings is 1. The molecule has 1 heterocycles. The Morgan fingerprint density at radius 2 is 2.10 bits per heavy atom. The van der Waals surface area contributed by atoms with Crippen LogP contribution >= 0.6 is 10.7 Å². The molecule has 2 rings (SSSR count). The van der Waals surface area contributed by atoms with E-state index in [0.717, 1.165) is 0 Å². The Kier molecular flexibility index (Phi) is 4.29. The maximum Gasteiger partial charge on any atom is 0.261 e. The molecule has 0 atom stereocenters. The fraction of sp³-hybridized carbons (Fsp3) is 0.333. The molecule has 6 nitrogen and oxygen atoms in total. The third kappa shape index (κ3) is 3.10. The molecule has 1 aromatic heterocycles. The highest BCUT2D eigenvalue weighted by Crippen LogP contribution is 2.31. The van der Waals surface area contributed by atoms with Crippen molar-refractivity contribution in [1.29, 1.82) is 0 Å². The van der Waals surface area contributed by atoms with E-state index in [1.807, 2.05) is 13.8 Å². The van der Waals surface area contributed by atoms with E-state index in [1.165, 1.54) is 18.2 Å². The van der Waals surface area contributed by atoms with Crippen molar-refractivity contribution in [3.8, 4) is 17.1 Å². The Morgan fingerprint density at radius 1 is 1.35 bits per heavy atom. The van der Waals surface area contributed by atoms with Crippen LogP contribution in [0.2, 0.25) is 0 Å². The molecule has 0 spiro atoms. The molecule has 0 aliphatic heterocycles. The molecule has 0 aliphatic carbocycles. The summed E-state index contributed by atoms with van der Waals surface area (Å²) in [4.78, 5) is 4.13. The molecule has 0 aliphatic rings. The van der Waals surface area contributed by atoms with Crippen LogP contribution in [-0.2, 0) is 15.5 Å². The summed E-state index contributed by atoms with van der Waals surface area (Å²) >= 11 is 0. The molecule has 0 unspecified atom stereocenters.